The molecule has 0 aromatic rings. The van der Waals surface area contributed by atoms with Gasteiger partial charge in [0.15, 0.2) is 0 Å². The molecule has 2 rings (SSSR count). The van der Waals surface area contributed by atoms with Crippen LogP contribution in [0.3, 0.4) is 0 Å². The highest BCUT2D eigenvalue weighted by atomic mass is 16.4. The smallest absolute Gasteiger partial charge is 0.317 e. The molecule has 4 nitrogen and oxygen atoms in total. The Balaban J connectivity index is 1.68. The summed E-state index contributed by atoms with van der Waals surface area (Å²) in [5.41, 5.74) is 0. The number of piperidine rings is 1. The van der Waals surface area contributed by atoms with Gasteiger partial charge in [-0.15, -0.1) is 0 Å². The second-order valence-corrected chi connectivity index (χ2v) is 4.82. The molecule has 1 unspecified atom stereocenters. The van der Waals surface area contributed by atoms with E-state index in [1.54, 1.807) is 0 Å². The third-order valence-corrected chi connectivity index (χ3v) is 3.26. The van der Waals surface area contributed by atoms with E-state index in [-0.39, 0.29) is 6.54 Å². The van der Waals surface area contributed by atoms with Crippen molar-refractivity contribution in [2.75, 3.05) is 26.2 Å². The minimum atomic E-state index is -0.710. The quantitative estimate of drug-likeness (QED) is 0.698. The van der Waals surface area contributed by atoms with E-state index in [0.717, 1.165) is 32.0 Å². The SMILES string of the molecule is O=C(O)CN1CCCC(NCC2CC2)C1. The lowest BCUT2D eigenvalue weighted by molar-refractivity contribution is -0.138. The summed E-state index contributed by atoms with van der Waals surface area (Å²) in [5.74, 6) is 0.192. The van der Waals surface area contributed by atoms with Crippen molar-refractivity contribution < 1.29 is 9.90 Å². The van der Waals surface area contributed by atoms with Crippen molar-refractivity contribution in [3.05, 3.63) is 0 Å². The summed E-state index contributed by atoms with van der Waals surface area (Å²) in [4.78, 5) is 12.6. The number of nitrogens with one attached hydrogen (secondary N) is 1. The number of hydrogen-bond acceptors (Lipinski definition) is 3. The van der Waals surface area contributed by atoms with Crippen LogP contribution in [0, 0.1) is 5.92 Å². The van der Waals surface area contributed by atoms with Crippen LogP contribution in [0.2, 0.25) is 0 Å². The van der Waals surface area contributed by atoms with Crippen molar-refractivity contribution in [3.63, 3.8) is 0 Å². The first-order chi connectivity index (χ1) is 7.24. The first kappa shape index (κ1) is 10.9. The lowest BCUT2D eigenvalue weighted by Gasteiger charge is -2.32. The fourth-order valence-corrected chi connectivity index (χ4v) is 2.21. The van der Waals surface area contributed by atoms with Crippen LogP contribution in [0.5, 0.6) is 0 Å². The molecule has 1 saturated heterocycles. The molecule has 0 bridgehead atoms. The van der Waals surface area contributed by atoms with Crippen LogP contribution in [-0.4, -0.2) is 48.2 Å². The second kappa shape index (κ2) is 4.94. The Morgan fingerprint density at radius 3 is 2.87 bits per heavy atom. The van der Waals surface area contributed by atoms with Crippen LogP contribution >= 0.6 is 0 Å². The van der Waals surface area contributed by atoms with E-state index in [1.807, 2.05) is 4.90 Å². The molecule has 0 aromatic heterocycles. The summed E-state index contributed by atoms with van der Waals surface area (Å²) in [5, 5.41) is 12.3. The molecule has 1 saturated carbocycles. The minimum absolute atomic E-state index is 0.196. The van der Waals surface area contributed by atoms with E-state index in [2.05, 4.69) is 5.32 Å². The topological polar surface area (TPSA) is 52.6 Å². The molecular weight excluding hydrogens is 192 g/mol. The Bertz CT molecular complexity index is 229. The largest absolute Gasteiger partial charge is 0.480 e. The van der Waals surface area contributed by atoms with E-state index in [0.29, 0.717) is 6.04 Å². The summed E-state index contributed by atoms with van der Waals surface area (Å²) >= 11 is 0. The van der Waals surface area contributed by atoms with E-state index in [1.165, 1.54) is 19.3 Å². The maximum atomic E-state index is 10.6. The molecule has 2 N–H and O–H groups in total. The number of carboxylic acid groups (broad SMARTS) is 1. The highest BCUT2D eigenvalue weighted by Gasteiger charge is 2.25. The first-order valence-corrected chi connectivity index (χ1v) is 5.91. The average Bonchev–Trinajstić information content (AvgIpc) is 2.97. The van der Waals surface area contributed by atoms with Gasteiger partial charge in [0.05, 0.1) is 6.54 Å². The van der Waals surface area contributed by atoms with Gasteiger partial charge in [-0.3, -0.25) is 9.69 Å². The van der Waals surface area contributed by atoms with Crippen molar-refractivity contribution in [2.24, 2.45) is 5.92 Å². The van der Waals surface area contributed by atoms with Crippen LogP contribution in [0.25, 0.3) is 0 Å². The van der Waals surface area contributed by atoms with Crippen molar-refractivity contribution >= 4 is 5.97 Å². The zero-order valence-electron chi connectivity index (χ0n) is 9.11. The molecule has 4 heteroatoms. The summed E-state index contributed by atoms with van der Waals surface area (Å²) in [6.45, 7) is 3.17. The monoisotopic (exact) mass is 212 g/mol. The van der Waals surface area contributed by atoms with Gasteiger partial charge >= 0.3 is 5.97 Å². The Morgan fingerprint density at radius 2 is 2.20 bits per heavy atom. The third kappa shape index (κ3) is 3.80. The molecule has 1 atom stereocenters. The summed E-state index contributed by atoms with van der Waals surface area (Å²) in [7, 11) is 0. The van der Waals surface area contributed by atoms with Crippen LogP contribution in [0.4, 0.5) is 0 Å². The van der Waals surface area contributed by atoms with Crippen LogP contribution in [0.1, 0.15) is 25.7 Å². The third-order valence-electron chi connectivity index (χ3n) is 3.26. The molecular formula is C11H20N2O2. The maximum Gasteiger partial charge on any atom is 0.317 e. The molecule has 0 radical (unpaired) electrons. The number of aliphatic carboxylic acids is 1. The van der Waals surface area contributed by atoms with Gasteiger partial charge in [-0.1, -0.05) is 0 Å². The van der Waals surface area contributed by atoms with Gasteiger partial charge in [0.1, 0.15) is 0 Å². The lowest BCUT2D eigenvalue weighted by Crippen LogP contribution is -2.47. The van der Waals surface area contributed by atoms with E-state index in [4.69, 9.17) is 5.11 Å². The van der Waals surface area contributed by atoms with E-state index < -0.39 is 5.97 Å². The highest BCUT2D eigenvalue weighted by molar-refractivity contribution is 5.69. The van der Waals surface area contributed by atoms with Gasteiger partial charge in [0.2, 0.25) is 0 Å². The fraction of sp³-hybridized carbons (Fsp3) is 0.909. The lowest BCUT2D eigenvalue weighted by atomic mass is 10.1. The number of rotatable bonds is 5. The second-order valence-electron chi connectivity index (χ2n) is 4.82. The summed E-state index contributed by atoms with van der Waals surface area (Å²) < 4.78 is 0. The number of nitrogens with zero attached hydrogens (tertiary/aromatic N) is 1. The molecule has 2 aliphatic rings. The van der Waals surface area contributed by atoms with Crippen LogP contribution in [0.15, 0.2) is 0 Å². The van der Waals surface area contributed by atoms with Crippen molar-refractivity contribution in [1.82, 2.24) is 10.2 Å². The average molecular weight is 212 g/mol. The van der Waals surface area contributed by atoms with Crippen LogP contribution in [-0.2, 0) is 4.79 Å². The molecule has 1 aliphatic carbocycles. The maximum absolute atomic E-state index is 10.6. The Kier molecular flexibility index (Phi) is 3.59. The Hall–Kier alpha value is -0.610. The molecule has 1 heterocycles. The van der Waals surface area contributed by atoms with Gasteiger partial charge in [-0.2, -0.15) is 0 Å². The van der Waals surface area contributed by atoms with Gasteiger partial charge in [-0.25, -0.2) is 0 Å². The van der Waals surface area contributed by atoms with Crippen LogP contribution < -0.4 is 5.32 Å². The molecule has 0 amide bonds. The number of hydrogen-bond donors (Lipinski definition) is 2. The predicted molar refractivity (Wildman–Crippen MR) is 57.8 cm³/mol. The predicted octanol–water partition coefficient (Wildman–Crippen LogP) is 0.535. The zero-order chi connectivity index (χ0) is 10.7. The molecule has 86 valence electrons. The van der Waals surface area contributed by atoms with Gasteiger partial charge in [-0.05, 0) is 44.7 Å². The zero-order valence-corrected chi connectivity index (χ0v) is 9.11. The molecule has 2 fully saturated rings. The Morgan fingerprint density at radius 1 is 1.40 bits per heavy atom. The number of likely N-dealkylation sites (tertiary alicyclic amines) is 1. The first-order valence-electron chi connectivity index (χ1n) is 5.91. The van der Waals surface area contributed by atoms with E-state index >= 15 is 0 Å². The van der Waals surface area contributed by atoms with Gasteiger partial charge < -0.3 is 10.4 Å². The van der Waals surface area contributed by atoms with Crippen molar-refractivity contribution in [2.45, 2.75) is 31.7 Å². The highest BCUT2D eigenvalue weighted by Crippen LogP contribution is 2.28. The summed E-state index contributed by atoms with van der Waals surface area (Å²) in [6.07, 6.45) is 5.07. The Labute approximate surface area is 90.6 Å². The summed E-state index contributed by atoms with van der Waals surface area (Å²) in [6, 6.07) is 0.513. The molecule has 0 spiro atoms. The van der Waals surface area contributed by atoms with E-state index in [9.17, 15) is 4.79 Å². The molecule has 1 aliphatic heterocycles. The fourth-order valence-electron chi connectivity index (χ4n) is 2.21. The number of carbonyl (C=O) groups is 1. The molecule has 15 heavy (non-hydrogen) atoms. The van der Waals surface area contributed by atoms with Crippen molar-refractivity contribution in [1.29, 1.82) is 0 Å². The van der Waals surface area contributed by atoms with Gasteiger partial charge in [0, 0.05) is 12.6 Å². The van der Waals surface area contributed by atoms with Gasteiger partial charge in [0.25, 0.3) is 0 Å². The number of carboxylic acids is 1. The van der Waals surface area contributed by atoms with Crippen molar-refractivity contribution in [3.8, 4) is 0 Å². The standard InChI is InChI=1S/C11H20N2O2/c14-11(15)8-13-5-1-2-10(7-13)12-6-9-3-4-9/h9-10,12H,1-8H2,(H,14,15). The molecule has 0 aromatic carbocycles. The normalized spacial score (nSPS) is 27.9. The minimum Gasteiger partial charge on any atom is -0.480 e.